The van der Waals surface area contributed by atoms with Crippen LogP contribution >= 0.6 is 0 Å². The molecule has 4 aromatic rings. The number of morpholine rings is 1. The molecule has 4 heterocycles. The normalized spacial score (nSPS) is 18.9. The number of hydrogen-bond donors (Lipinski definition) is 1. The van der Waals surface area contributed by atoms with Gasteiger partial charge in [-0.25, -0.2) is 19.9 Å². The third-order valence-corrected chi connectivity index (χ3v) is 6.49. The molecule has 0 aliphatic carbocycles. The Balaban J connectivity index is 1.46. The van der Waals surface area contributed by atoms with Crippen LogP contribution in [-0.2, 0) is 11.8 Å². The number of aryl methyl sites for hydroxylation is 1. The van der Waals surface area contributed by atoms with Gasteiger partial charge in [0.1, 0.15) is 37.2 Å². The van der Waals surface area contributed by atoms with Crippen molar-refractivity contribution >= 4 is 91.3 Å². The number of carbonyl (C=O) groups excluding carboxylic acids is 1. The third-order valence-electron chi connectivity index (χ3n) is 6.49. The Kier molecular flexibility index (Phi) is 6.37. The molecule has 3 aromatic heterocycles. The van der Waals surface area contributed by atoms with E-state index in [1.54, 1.807) is 18.7 Å². The van der Waals surface area contributed by atoms with Gasteiger partial charge in [0.15, 0.2) is 0 Å². The highest BCUT2D eigenvalue weighted by molar-refractivity contribution is 6.61. The van der Waals surface area contributed by atoms with Gasteiger partial charge in [0, 0.05) is 36.0 Å². The van der Waals surface area contributed by atoms with Crippen molar-refractivity contribution in [3.05, 3.63) is 60.8 Å². The SMILES string of the molecule is [B]C1([B])OC([B])([B])C([B])([B])N(c2cc(C(=O)Nc3ncc4ccc(-c5cncn5C)cc4n3)ccn2)C1([B])[B]. The topological polar surface area (TPSA) is 98.1 Å². The molecule has 0 unspecified atom stereocenters. The Bertz CT molecular complexity index is 1570. The molecule has 16 radical (unpaired) electrons. The van der Waals surface area contributed by atoms with E-state index in [2.05, 4.69) is 25.3 Å². The molecule has 0 spiro atoms. The molecule has 0 bridgehead atoms. The van der Waals surface area contributed by atoms with Gasteiger partial charge in [-0.3, -0.25) is 10.1 Å². The molecule has 1 fully saturated rings. The molecule has 1 amide bonds. The number of nitrogens with zero attached hydrogens (tertiary/aromatic N) is 6. The summed E-state index contributed by atoms with van der Waals surface area (Å²) in [6, 6.07) is 8.39. The smallest absolute Gasteiger partial charge is 0.258 e. The molecule has 1 aliphatic rings. The van der Waals surface area contributed by atoms with Crippen molar-refractivity contribution in [2.45, 2.75) is 21.5 Å². The molecule has 1 N–H and O–H groups in total. The van der Waals surface area contributed by atoms with Crippen LogP contribution in [0.2, 0.25) is 0 Å². The molecule has 17 heteroatoms. The van der Waals surface area contributed by atoms with Crippen molar-refractivity contribution < 1.29 is 9.53 Å². The van der Waals surface area contributed by atoms with E-state index in [9.17, 15) is 4.79 Å². The zero-order valence-electron chi connectivity index (χ0n) is 20.8. The van der Waals surface area contributed by atoms with Gasteiger partial charge in [-0.1, -0.05) is 12.1 Å². The van der Waals surface area contributed by atoms with Crippen molar-refractivity contribution in [2.75, 3.05) is 10.2 Å². The first kappa shape index (κ1) is 27.2. The van der Waals surface area contributed by atoms with Gasteiger partial charge in [0.25, 0.3) is 5.91 Å². The molecule has 5 rings (SSSR count). The maximum absolute atomic E-state index is 13.2. The summed E-state index contributed by atoms with van der Waals surface area (Å²) < 4.78 is 7.10. The van der Waals surface area contributed by atoms with Gasteiger partial charge in [0.2, 0.25) is 5.95 Å². The number of amides is 1. The first-order valence-corrected chi connectivity index (χ1v) is 11.5. The van der Waals surface area contributed by atoms with E-state index < -0.39 is 27.4 Å². The Hall–Kier alpha value is -3.33. The lowest BCUT2D eigenvalue weighted by molar-refractivity contribution is -0.0256. The monoisotopic (exact) mass is 495 g/mol. The lowest BCUT2D eigenvalue weighted by atomic mass is 9.30. The zero-order chi connectivity index (χ0) is 28.4. The lowest BCUT2D eigenvalue weighted by Crippen LogP contribution is -2.86. The fourth-order valence-corrected chi connectivity index (χ4v) is 4.21. The minimum Gasteiger partial charge on any atom is -0.405 e. The highest BCUT2D eigenvalue weighted by atomic mass is 16.5. The summed E-state index contributed by atoms with van der Waals surface area (Å²) in [5, 5.41) is -5.77. The fraction of sp³-hybridized carbons (Fsp3) is 0.227. The zero-order valence-corrected chi connectivity index (χ0v) is 20.8. The van der Waals surface area contributed by atoms with E-state index in [1.165, 1.54) is 18.3 Å². The molecule has 0 atom stereocenters. The third kappa shape index (κ3) is 4.50. The number of pyridine rings is 1. The second-order valence-corrected chi connectivity index (χ2v) is 9.39. The van der Waals surface area contributed by atoms with Gasteiger partial charge in [-0.15, -0.1) is 0 Å². The summed E-state index contributed by atoms with van der Waals surface area (Å²) in [5.74, 6) is -0.641. The van der Waals surface area contributed by atoms with Crippen LogP contribution in [0.15, 0.2) is 55.2 Å². The van der Waals surface area contributed by atoms with Crippen molar-refractivity contribution in [2.24, 2.45) is 7.05 Å². The number of nitrogens with one attached hydrogen (secondary N) is 1. The highest BCUT2D eigenvalue weighted by Gasteiger charge is 2.57. The number of carbonyl (C=O) groups is 1. The number of aromatic nitrogens is 5. The first-order valence-electron chi connectivity index (χ1n) is 11.5. The van der Waals surface area contributed by atoms with Crippen LogP contribution in [-0.4, -0.2) is 115 Å². The average molecular weight is 494 g/mol. The number of anilines is 2. The van der Waals surface area contributed by atoms with Crippen molar-refractivity contribution in [3.8, 4) is 11.3 Å². The Labute approximate surface area is 236 Å². The summed E-state index contributed by atoms with van der Waals surface area (Å²) in [6.45, 7) is 0. The molecule has 39 heavy (non-hydrogen) atoms. The molecular formula is C22H13B8N7O2. The number of fused-ring (bicyclic) bond motifs is 1. The largest absolute Gasteiger partial charge is 0.405 e. The number of imidazole rings is 1. The number of hydrogen-bond acceptors (Lipinski definition) is 7. The lowest BCUT2D eigenvalue weighted by Gasteiger charge is -2.70. The second kappa shape index (κ2) is 9.11. The first-order chi connectivity index (χ1) is 18.1. The minimum absolute atomic E-state index is 0.0595. The summed E-state index contributed by atoms with van der Waals surface area (Å²) in [4.78, 5) is 31.1. The Morgan fingerprint density at radius 3 is 2.26 bits per heavy atom. The average Bonchev–Trinajstić information content (AvgIpc) is 3.28. The van der Waals surface area contributed by atoms with Gasteiger partial charge in [-0.05, 0) is 39.7 Å². The van der Waals surface area contributed by atoms with E-state index in [0.29, 0.717) is 5.52 Å². The second-order valence-electron chi connectivity index (χ2n) is 9.39. The van der Waals surface area contributed by atoms with Crippen LogP contribution < -0.4 is 10.2 Å². The predicted octanol–water partition coefficient (Wildman–Crippen LogP) is -1.52. The molecule has 1 saturated heterocycles. The standard InChI is InChI=1S/C22H13B8N7O2/c1-36-10-31-9-15(36)11-2-3-13-8-33-18(34-14(13)6-11)35-17(38)12-4-5-32-16(7-12)37-19(23,24)21(27,28)39-22(29,30)20(37,25)26/h2-10H,1H3,(H,33,34,35,38). The maximum Gasteiger partial charge on any atom is 0.258 e. The van der Waals surface area contributed by atoms with Gasteiger partial charge in [0.05, 0.1) is 55.1 Å². The van der Waals surface area contributed by atoms with E-state index in [4.69, 9.17) is 67.5 Å². The van der Waals surface area contributed by atoms with Crippen molar-refractivity contribution in [1.82, 2.24) is 24.5 Å². The molecule has 0 saturated carbocycles. The number of rotatable bonds is 4. The summed E-state index contributed by atoms with van der Waals surface area (Å²) >= 11 is 0. The summed E-state index contributed by atoms with van der Waals surface area (Å²) in [7, 11) is 50.4. The van der Waals surface area contributed by atoms with E-state index in [1.807, 2.05) is 29.8 Å². The molecule has 1 aromatic carbocycles. The highest BCUT2D eigenvalue weighted by Crippen LogP contribution is 2.42. The van der Waals surface area contributed by atoms with Crippen molar-refractivity contribution in [3.63, 3.8) is 0 Å². The van der Waals surface area contributed by atoms with Crippen molar-refractivity contribution in [1.29, 1.82) is 0 Å². The molecule has 1 aliphatic heterocycles. The van der Waals surface area contributed by atoms with E-state index in [0.717, 1.165) is 21.5 Å². The van der Waals surface area contributed by atoms with E-state index in [-0.39, 0.29) is 17.3 Å². The van der Waals surface area contributed by atoms with Crippen LogP contribution in [0.4, 0.5) is 11.8 Å². The van der Waals surface area contributed by atoms with Crippen LogP contribution in [0.1, 0.15) is 10.4 Å². The van der Waals surface area contributed by atoms with Gasteiger partial charge in [-0.2, -0.15) is 0 Å². The minimum atomic E-state index is -2.33. The van der Waals surface area contributed by atoms with E-state index >= 15 is 0 Å². The molecule has 172 valence electrons. The van der Waals surface area contributed by atoms with Gasteiger partial charge < -0.3 is 14.2 Å². The molecular weight excluding hydrogens is 481 g/mol. The predicted molar refractivity (Wildman–Crippen MR) is 154 cm³/mol. The Morgan fingerprint density at radius 1 is 0.923 bits per heavy atom. The quantitative estimate of drug-likeness (QED) is 0.345. The Morgan fingerprint density at radius 2 is 1.62 bits per heavy atom. The van der Waals surface area contributed by atoms with Crippen LogP contribution in [0, 0.1) is 0 Å². The number of benzene rings is 1. The summed E-state index contributed by atoms with van der Waals surface area (Å²) in [6.07, 6.45) is 6.33. The van der Waals surface area contributed by atoms with Gasteiger partial charge >= 0.3 is 0 Å². The fourth-order valence-electron chi connectivity index (χ4n) is 4.21. The van der Waals surface area contributed by atoms with Crippen LogP contribution in [0.5, 0.6) is 0 Å². The maximum atomic E-state index is 13.2. The van der Waals surface area contributed by atoms with Crippen LogP contribution in [0.3, 0.4) is 0 Å². The molecule has 9 nitrogen and oxygen atoms in total. The van der Waals surface area contributed by atoms with Crippen LogP contribution in [0.25, 0.3) is 22.2 Å². The number of ether oxygens (including phenoxy) is 1. The summed E-state index contributed by atoms with van der Waals surface area (Å²) in [5.41, 5.74) is 2.50.